The summed E-state index contributed by atoms with van der Waals surface area (Å²) in [5.41, 5.74) is 2.34. The van der Waals surface area contributed by atoms with Crippen molar-refractivity contribution in [3.05, 3.63) is 41.5 Å². The summed E-state index contributed by atoms with van der Waals surface area (Å²) >= 11 is 0. The molecule has 0 unspecified atom stereocenters. The van der Waals surface area contributed by atoms with E-state index in [-0.39, 0.29) is 13.2 Å². The highest BCUT2D eigenvalue weighted by atomic mass is 16.7. The van der Waals surface area contributed by atoms with Gasteiger partial charge >= 0.3 is 23.9 Å². The summed E-state index contributed by atoms with van der Waals surface area (Å²) in [6.45, 7) is 9.24. The van der Waals surface area contributed by atoms with Crippen LogP contribution in [0.15, 0.2) is 35.9 Å². The number of unbranched alkanes of at least 4 members (excludes halogenated alkanes) is 1. The Bertz CT molecular complexity index is 1010. The molecule has 1 aliphatic rings. The fraction of sp³-hybridized carbons (Fsp3) is 0.586. The number of carbonyl (C=O) groups excluding carboxylic acids is 4. The normalized spacial score (nSPS) is 22.0. The van der Waals surface area contributed by atoms with Crippen molar-refractivity contribution in [1.29, 1.82) is 0 Å². The predicted octanol–water partition coefficient (Wildman–Crippen LogP) is 3.45. The van der Waals surface area contributed by atoms with Crippen molar-refractivity contribution in [3.63, 3.8) is 0 Å². The highest BCUT2D eigenvalue weighted by molar-refractivity contribution is 5.68. The zero-order valence-corrected chi connectivity index (χ0v) is 24.0. The van der Waals surface area contributed by atoms with E-state index in [0.29, 0.717) is 13.0 Å². The summed E-state index contributed by atoms with van der Waals surface area (Å²) in [5.74, 6) is -1.84. The SMILES string of the molecule is CC(=O)OC[C@H]1O[C@@H](OCCCCc2ccc(OCC=C(C)C)cc2)[C@H](OC(C)=O)[C@@H](OC(C)=O)[C@@H]1OC(C)=O. The predicted molar refractivity (Wildman–Crippen MR) is 142 cm³/mol. The molecule has 11 heteroatoms. The Morgan fingerprint density at radius 1 is 0.775 bits per heavy atom. The van der Waals surface area contributed by atoms with Crippen LogP contribution in [-0.4, -0.2) is 74.4 Å². The molecule has 0 amide bonds. The first-order chi connectivity index (χ1) is 19.0. The van der Waals surface area contributed by atoms with E-state index in [1.54, 1.807) is 0 Å². The van der Waals surface area contributed by atoms with Crippen LogP contribution in [-0.2, 0) is 54.0 Å². The summed E-state index contributed by atoms with van der Waals surface area (Å²) in [6, 6.07) is 7.89. The van der Waals surface area contributed by atoms with Crippen molar-refractivity contribution in [2.45, 2.75) is 91.5 Å². The summed E-state index contributed by atoms with van der Waals surface area (Å²) in [4.78, 5) is 47.1. The molecule has 0 N–H and O–H groups in total. The van der Waals surface area contributed by atoms with Gasteiger partial charge in [-0.2, -0.15) is 0 Å². The summed E-state index contributed by atoms with van der Waals surface area (Å²) in [6.07, 6.45) is -1.63. The Labute approximate surface area is 235 Å². The summed E-state index contributed by atoms with van der Waals surface area (Å²) in [5, 5.41) is 0. The largest absolute Gasteiger partial charge is 0.490 e. The number of carbonyl (C=O) groups is 4. The lowest BCUT2D eigenvalue weighted by Crippen LogP contribution is -2.63. The molecule has 0 aliphatic carbocycles. The molecule has 0 saturated carbocycles. The Balaban J connectivity index is 2.03. The highest BCUT2D eigenvalue weighted by Crippen LogP contribution is 2.30. The number of hydrogen-bond acceptors (Lipinski definition) is 11. The van der Waals surface area contributed by atoms with Crippen LogP contribution in [0.25, 0.3) is 0 Å². The first-order valence-corrected chi connectivity index (χ1v) is 13.2. The van der Waals surface area contributed by atoms with Crippen molar-refractivity contribution in [1.82, 2.24) is 0 Å². The number of rotatable bonds is 14. The number of allylic oxidation sites excluding steroid dienone is 1. The highest BCUT2D eigenvalue weighted by Gasteiger charge is 2.52. The second-order valence-corrected chi connectivity index (χ2v) is 9.63. The number of benzene rings is 1. The minimum Gasteiger partial charge on any atom is -0.490 e. The van der Waals surface area contributed by atoms with Crippen LogP contribution in [0.4, 0.5) is 0 Å². The van der Waals surface area contributed by atoms with Crippen molar-refractivity contribution >= 4 is 23.9 Å². The van der Waals surface area contributed by atoms with E-state index in [1.165, 1.54) is 33.3 Å². The molecule has 1 fully saturated rings. The first-order valence-electron chi connectivity index (χ1n) is 13.2. The molecule has 2 rings (SSSR count). The molecular weight excluding hydrogens is 524 g/mol. The lowest BCUT2D eigenvalue weighted by atomic mass is 9.98. The quantitative estimate of drug-likeness (QED) is 0.142. The minimum atomic E-state index is -1.25. The number of ether oxygens (including phenoxy) is 7. The van der Waals surface area contributed by atoms with Gasteiger partial charge in [0.1, 0.15) is 25.1 Å². The molecule has 1 aliphatic heterocycles. The van der Waals surface area contributed by atoms with Gasteiger partial charge in [-0.3, -0.25) is 19.2 Å². The van der Waals surface area contributed by atoms with Gasteiger partial charge in [0.05, 0.1) is 0 Å². The van der Waals surface area contributed by atoms with Crippen LogP contribution in [0, 0.1) is 0 Å². The Kier molecular flexibility index (Phi) is 13.6. The molecular formula is C29H40O11. The molecule has 0 radical (unpaired) electrons. The zero-order chi connectivity index (χ0) is 29.7. The van der Waals surface area contributed by atoms with E-state index in [1.807, 2.05) is 44.2 Å². The van der Waals surface area contributed by atoms with Crippen molar-refractivity contribution in [2.75, 3.05) is 19.8 Å². The second kappa shape index (κ2) is 16.6. The van der Waals surface area contributed by atoms with E-state index in [0.717, 1.165) is 24.2 Å². The maximum Gasteiger partial charge on any atom is 0.303 e. The molecule has 1 aromatic carbocycles. The van der Waals surface area contributed by atoms with Crippen molar-refractivity contribution < 1.29 is 52.3 Å². The van der Waals surface area contributed by atoms with Crippen molar-refractivity contribution in [3.8, 4) is 5.75 Å². The van der Waals surface area contributed by atoms with E-state index in [4.69, 9.17) is 33.2 Å². The second-order valence-electron chi connectivity index (χ2n) is 9.63. The van der Waals surface area contributed by atoms with Gasteiger partial charge in [-0.1, -0.05) is 17.7 Å². The van der Waals surface area contributed by atoms with Crippen LogP contribution >= 0.6 is 0 Å². The summed E-state index contributed by atoms with van der Waals surface area (Å²) in [7, 11) is 0. The third-order valence-electron chi connectivity index (χ3n) is 5.76. The number of hydrogen-bond donors (Lipinski definition) is 0. The van der Waals surface area contributed by atoms with Gasteiger partial charge in [0, 0.05) is 34.3 Å². The fourth-order valence-corrected chi connectivity index (χ4v) is 4.01. The Morgan fingerprint density at radius 2 is 1.38 bits per heavy atom. The molecule has 5 atom stereocenters. The molecule has 40 heavy (non-hydrogen) atoms. The topological polar surface area (TPSA) is 133 Å². The third-order valence-corrected chi connectivity index (χ3v) is 5.76. The van der Waals surface area contributed by atoms with Gasteiger partial charge in [-0.15, -0.1) is 0 Å². The van der Waals surface area contributed by atoms with Gasteiger partial charge in [0.2, 0.25) is 0 Å². The molecule has 222 valence electrons. The molecule has 0 aromatic heterocycles. The van der Waals surface area contributed by atoms with Gasteiger partial charge in [-0.05, 0) is 56.9 Å². The van der Waals surface area contributed by atoms with Crippen LogP contribution in [0.5, 0.6) is 5.75 Å². The molecule has 1 heterocycles. The van der Waals surface area contributed by atoms with Crippen LogP contribution in [0.3, 0.4) is 0 Å². The maximum atomic E-state index is 11.9. The molecule has 0 spiro atoms. The van der Waals surface area contributed by atoms with Gasteiger partial charge < -0.3 is 33.2 Å². The third kappa shape index (κ3) is 11.7. The Morgan fingerprint density at radius 3 is 1.95 bits per heavy atom. The maximum absolute atomic E-state index is 11.9. The van der Waals surface area contributed by atoms with E-state index < -0.39 is 54.6 Å². The van der Waals surface area contributed by atoms with Gasteiger partial charge in [-0.25, -0.2) is 0 Å². The lowest BCUT2D eigenvalue weighted by molar-refractivity contribution is -0.308. The average molecular weight is 565 g/mol. The molecule has 1 saturated heterocycles. The summed E-state index contributed by atoms with van der Waals surface area (Å²) < 4.78 is 38.8. The smallest absolute Gasteiger partial charge is 0.303 e. The molecule has 1 aromatic rings. The monoisotopic (exact) mass is 564 g/mol. The van der Waals surface area contributed by atoms with Crippen LogP contribution in [0.2, 0.25) is 0 Å². The molecule has 0 bridgehead atoms. The lowest BCUT2D eigenvalue weighted by Gasteiger charge is -2.44. The van der Waals surface area contributed by atoms with Crippen LogP contribution in [0.1, 0.15) is 59.9 Å². The fourth-order valence-electron chi connectivity index (χ4n) is 4.01. The standard InChI is InChI=1S/C29H40O11/c1-18(2)14-16-34-24-12-10-23(11-13-24)9-7-8-15-35-29-28(39-22(6)33)27(38-21(5)32)26(37-20(4)31)25(40-29)17-36-19(3)30/h10-14,25-29H,7-9,15-17H2,1-6H3/t25-,26-,27+,28-,29-/m1/s1. The molecule has 11 nitrogen and oxygen atoms in total. The van der Waals surface area contributed by atoms with E-state index in [2.05, 4.69) is 0 Å². The Hall–Kier alpha value is -3.44. The average Bonchev–Trinajstić information content (AvgIpc) is 2.85. The van der Waals surface area contributed by atoms with Gasteiger partial charge in [0.25, 0.3) is 0 Å². The van der Waals surface area contributed by atoms with Crippen molar-refractivity contribution in [2.24, 2.45) is 0 Å². The van der Waals surface area contributed by atoms with Crippen LogP contribution < -0.4 is 4.74 Å². The zero-order valence-electron chi connectivity index (χ0n) is 24.0. The van der Waals surface area contributed by atoms with E-state index >= 15 is 0 Å². The van der Waals surface area contributed by atoms with Gasteiger partial charge in [0.15, 0.2) is 24.6 Å². The van der Waals surface area contributed by atoms with E-state index in [9.17, 15) is 19.2 Å². The number of aryl methyl sites for hydroxylation is 1. The number of esters is 4. The minimum absolute atomic E-state index is 0.234. The first kappa shape index (κ1) is 32.8.